The highest BCUT2D eigenvalue weighted by atomic mass is 16.5. The molecule has 1 N–H and O–H groups in total. The molecule has 2 aromatic carbocycles. The maximum Gasteiger partial charge on any atom is 0.323 e. The van der Waals surface area contributed by atoms with Crippen molar-refractivity contribution in [1.29, 1.82) is 0 Å². The number of ether oxygens (including phenoxy) is 2. The molecule has 0 saturated carbocycles. The van der Waals surface area contributed by atoms with Crippen LogP contribution >= 0.6 is 0 Å². The number of aromatic nitrogens is 1. The summed E-state index contributed by atoms with van der Waals surface area (Å²) >= 11 is 0. The fourth-order valence-electron chi connectivity index (χ4n) is 3.28. The maximum atomic E-state index is 12.5. The van der Waals surface area contributed by atoms with Crippen LogP contribution in [-0.4, -0.2) is 30.3 Å². The van der Waals surface area contributed by atoms with Gasteiger partial charge in [-0.05, 0) is 30.2 Å². The zero-order valence-corrected chi connectivity index (χ0v) is 16.1. The molecule has 1 aromatic heterocycles. The van der Waals surface area contributed by atoms with Crippen LogP contribution in [0.4, 0.5) is 0 Å². The van der Waals surface area contributed by atoms with E-state index in [1.807, 2.05) is 62.5 Å². The average molecular weight is 366 g/mol. The summed E-state index contributed by atoms with van der Waals surface area (Å²) in [7, 11) is 3.66. The van der Waals surface area contributed by atoms with Gasteiger partial charge in [0.2, 0.25) is 0 Å². The molecule has 27 heavy (non-hydrogen) atoms. The minimum absolute atomic E-state index is 0.223. The quantitative estimate of drug-likeness (QED) is 0.621. The number of esters is 1. The first-order chi connectivity index (χ1) is 13.1. The topological polar surface area (TPSA) is 52.5 Å². The van der Waals surface area contributed by atoms with Crippen LogP contribution in [0.1, 0.15) is 18.1 Å². The first kappa shape index (κ1) is 19.0. The number of fused-ring (bicyclic) bond motifs is 1. The Bertz CT molecular complexity index is 903. The van der Waals surface area contributed by atoms with Crippen molar-refractivity contribution in [3.05, 3.63) is 65.9 Å². The minimum Gasteiger partial charge on any atom is -0.497 e. The van der Waals surface area contributed by atoms with Gasteiger partial charge in [0.05, 0.1) is 19.2 Å². The molecule has 0 aliphatic carbocycles. The molecule has 5 nitrogen and oxygen atoms in total. The van der Waals surface area contributed by atoms with Gasteiger partial charge in [0.15, 0.2) is 0 Å². The Hall–Kier alpha value is -2.79. The molecule has 0 bridgehead atoms. The van der Waals surface area contributed by atoms with Gasteiger partial charge in [0, 0.05) is 37.7 Å². The standard InChI is InChI=1S/C22H26N2O3/c1-4-27-22(25)20(23-14-16-8-6-5-7-9-16)12-17-15-24(2)21-13-18(26-3)10-11-19(17)21/h5-11,13,15,20,23H,4,12,14H2,1-3H3/t20-/m1/s1. The lowest BCUT2D eigenvalue weighted by molar-refractivity contribution is -0.145. The van der Waals surface area contributed by atoms with Crippen molar-refractivity contribution < 1.29 is 14.3 Å². The highest BCUT2D eigenvalue weighted by Gasteiger charge is 2.22. The molecule has 0 aliphatic heterocycles. The van der Waals surface area contributed by atoms with Gasteiger partial charge < -0.3 is 19.4 Å². The lowest BCUT2D eigenvalue weighted by Gasteiger charge is -2.17. The summed E-state index contributed by atoms with van der Waals surface area (Å²) in [6.07, 6.45) is 2.63. The van der Waals surface area contributed by atoms with E-state index >= 15 is 0 Å². The van der Waals surface area contributed by atoms with Crippen LogP contribution in [0, 0.1) is 0 Å². The van der Waals surface area contributed by atoms with Crippen molar-refractivity contribution in [2.45, 2.75) is 25.9 Å². The second-order valence-corrected chi connectivity index (χ2v) is 6.52. The molecule has 1 heterocycles. The molecule has 0 amide bonds. The van der Waals surface area contributed by atoms with Crippen molar-refractivity contribution in [3.8, 4) is 5.75 Å². The Morgan fingerprint density at radius 3 is 2.67 bits per heavy atom. The van der Waals surface area contributed by atoms with Gasteiger partial charge in [0.25, 0.3) is 0 Å². The Labute approximate surface area is 159 Å². The predicted molar refractivity (Wildman–Crippen MR) is 107 cm³/mol. The number of methoxy groups -OCH3 is 1. The first-order valence-electron chi connectivity index (χ1n) is 9.18. The second-order valence-electron chi connectivity index (χ2n) is 6.52. The largest absolute Gasteiger partial charge is 0.497 e. The molecule has 0 unspecified atom stereocenters. The van der Waals surface area contributed by atoms with E-state index in [4.69, 9.17) is 9.47 Å². The molecule has 0 radical (unpaired) electrons. The highest BCUT2D eigenvalue weighted by Crippen LogP contribution is 2.26. The highest BCUT2D eigenvalue weighted by molar-refractivity contribution is 5.86. The second kappa shape index (κ2) is 8.73. The average Bonchev–Trinajstić information content (AvgIpc) is 3.01. The van der Waals surface area contributed by atoms with E-state index in [1.165, 1.54) is 0 Å². The summed E-state index contributed by atoms with van der Waals surface area (Å²) in [5, 5.41) is 4.48. The number of benzene rings is 2. The Kier molecular flexibility index (Phi) is 6.14. The Morgan fingerprint density at radius 1 is 1.19 bits per heavy atom. The number of aryl methyl sites for hydroxylation is 1. The summed E-state index contributed by atoms with van der Waals surface area (Å²) in [6.45, 7) is 2.81. The van der Waals surface area contributed by atoms with Gasteiger partial charge >= 0.3 is 5.97 Å². The van der Waals surface area contributed by atoms with Gasteiger partial charge in [-0.2, -0.15) is 0 Å². The third kappa shape index (κ3) is 4.49. The molecule has 0 spiro atoms. The van der Waals surface area contributed by atoms with Crippen LogP contribution in [0.2, 0.25) is 0 Å². The van der Waals surface area contributed by atoms with Crippen LogP contribution in [0.3, 0.4) is 0 Å². The Balaban J connectivity index is 1.83. The van der Waals surface area contributed by atoms with E-state index in [2.05, 4.69) is 16.1 Å². The molecule has 0 aliphatic rings. The fourth-order valence-corrected chi connectivity index (χ4v) is 3.28. The van der Waals surface area contributed by atoms with Crippen molar-refractivity contribution in [2.24, 2.45) is 7.05 Å². The van der Waals surface area contributed by atoms with Crippen LogP contribution in [0.15, 0.2) is 54.7 Å². The summed E-state index contributed by atoms with van der Waals surface area (Å²) in [5.74, 6) is 0.596. The van der Waals surface area contributed by atoms with Crippen LogP contribution in [-0.2, 0) is 29.5 Å². The van der Waals surface area contributed by atoms with Gasteiger partial charge in [-0.1, -0.05) is 30.3 Å². The van der Waals surface area contributed by atoms with Crippen LogP contribution in [0.5, 0.6) is 5.75 Å². The zero-order valence-electron chi connectivity index (χ0n) is 16.1. The van der Waals surface area contributed by atoms with Crippen molar-refractivity contribution in [1.82, 2.24) is 9.88 Å². The van der Waals surface area contributed by atoms with Gasteiger partial charge in [-0.15, -0.1) is 0 Å². The van der Waals surface area contributed by atoms with Crippen molar-refractivity contribution >= 4 is 16.9 Å². The summed E-state index contributed by atoms with van der Waals surface area (Å²) in [5.41, 5.74) is 3.32. The molecular formula is C22H26N2O3. The predicted octanol–water partition coefficient (Wildman–Crippen LogP) is 3.45. The van der Waals surface area contributed by atoms with E-state index in [0.717, 1.165) is 27.8 Å². The number of nitrogens with one attached hydrogen (secondary N) is 1. The molecule has 0 saturated heterocycles. The molecule has 5 heteroatoms. The molecule has 3 aromatic rings. The first-order valence-corrected chi connectivity index (χ1v) is 9.18. The van der Waals surface area contributed by atoms with Gasteiger partial charge in [-0.3, -0.25) is 4.79 Å². The van der Waals surface area contributed by atoms with Crippen LogP contribution in [0.25, 0.3) is 10.9 Å². The van der Waals surface area contributed by atoms with Crippen molar-refractivity contribution in [3.63, 3.8) is 0 Å². The number of nitrogens with zero attached hydrogens (tertiary/aromatic N) is 1. The van der Waals surface area contributed by atoms with E-state index in [-0.39, 0.29) is 5.97 Å². The van der Waals surface area contributed by atoms with Crippen molar-refractivity contribution in [2.75, 3.05) is 13.7 Å². The SMILES string of the molecule is CCOC(=O)[C@@H](Cc1cn(C)c2cc(OC)ccc12)NCc1ccccc1. The minimum atomic E-state index is -0.405. The van der Waals surface area contributed by atoms with E-state index < -0.39 is 6.04 Å². The number of hydrogen-bond donors (Lipinski definition) is 1. The van der Waals surface area contributed by atoms with E-state index in [0.29, 0.717) is 19.6 Å². The van der Waals surface area contributed by atoms with Gasteiger partial charge in [-0.25, -0.2) is 0 Å². The zero-order chi connectivity index (χ0) is 19.2. The summed E-state index contributed by atoms with van der Waals surface area (Å²) < 4.78 is 12.7. The lowest BCUT2D eigenvalue weighted by atomic mass is 10.0. The lowest BCUT2D eigenvalue weighted by Crippen LogP contribution is -2.39. The van der Waals surface area contributed by atoms with E-state index in [1.54, 1.807) is 7.11 Å². The fraction of sp³-hybridized carbons (Fsp3) is 0.318. The smallest absolute Gasteiger partial charge is 0.323 e. The molecule has 142 valence electrons. The molecule has 3 rings (SSSR count). The molecule has 0 fully saturated rings. The van der Waals surface area contributed by atoms with Gasteiger partial charge in [0.1, 0.15) is 11.8 Å². The number of hydrogen-bond acceptors (Lipinski definition) is 4. The number of rotatable bonds is 8. The third-order valence-electron chi connectivity index (χ3n) is 4.67. The summed E-state index contributed by atoms with van der Waals surface area (Å²) in [4.78, 5) is 12.5. The van der Waals surface area contributed by atoms with E-state index in [9.17, 15) is 4.79 Å². The Morgan fingerprint density at radius 2 is 1.96 bits per heavy atom. The van der Waals surface area contributed by atoms with Crippen LogP contribution < -0.4 is 10.1 Å². The third-order valence-corrected chi connectivity index (χ3v) is 4.67. The maximum absolute atomic E-state index is 12.5. The molecule has 1 atom stereocenters. The number of carbonyl (C=O) groups excluding carboxylic acids is 1. The summed E-state index contributed by atoms with van der Waals surface area (Å²) in [6, 6.07) is 15.7. The monoisotopic (exact) mass is 366 g/mol. The normalized spacial score (nSPS) is 12.1. The molecular weight excluding hydrogens is 340 g/mol. The number of carbonyl (C=O) groups is 1.